The van der Waals surface area contributed by atoms with E-state index in [2.05, 4.69) is 15.0 Å². The second-order valence-corrected chi connectivity index (χ2v) is 4.27. The second kappa shape index (κ2) is 4.37. The topological polar surface area (TPSA) is 119 Å². The minimum absolute atomic E-state index is 0.177. The Bertz CT molecular complexity index is 606. The molecule has 4 N–H and O–H groups in total. The summed E-state index contributed by atoms with van der Waals surface area (Å²) in [6.07, 6.45) is -2.61. The van der Waals surface area contributed by atoms with Gasteiger partial charge in [0, 0.05) is 0 Å². The number of imidazole rings is 1. The first-order valence-corrected chi connectivity index (χ1v) is 5.65. The quantitative estimate of drug-likeness (QED) is 0.639. The summed E-state index contributed by atoms with van der Waals surface area (Å²) in [5.41, 5.74) is 6.28. The van der Waals surface area contributed by atoms with Gasteiger partial charge in [0.15, 0.2) is 23.9 Å². The number of hydrogen-bond donors (Lipinski definition) is 3. The molecule has 2 aromatic heterocycles. The van der Waals surface area contributed by atoms with Crippen molar-refractivity contribution in [2.24, 2.45) is 0 Å². The van der Waals surface area contributed by atoms with Gasteiger partial charge in [0.25, 0.3) is 0 Å². The van der Waals surface area contributed by atoms with Gasteiger partial charge >= 0.3 is 0 Å². The Labute approximate surface area is 106 Å². The molecule has 4 atom stereocenters. The Kier molecular flexibility index (Phi) is 2.81. The monoisotopic (exact) mass is 269 g/mol. The maximum Gasteiger partial charge on any atom is 0.173 e. The van der Waals surface area contributed by atoms with Crippen molar-refractivity contribution in [2.45, 2.75) is 24.6 Å². The fourth-order valence-corrected chi connectivity index (χ4v) is 2.13. The molecule has 0 saturated carbocycles. The molecular weight excluding hydrogens is 257 g/mol. The molecule has 3 heterocycles. The van der Waals surface area contributed by atoms with E-state index in [1.807, 2.05) is 0 Å². The average Bonchev–Trinajstić information content (AvgIpc) is 2.94. The molecule has 1 aliphatic rings. The predicted octanol–water partition coefficient (Wildman–Crippen LogP) is -1.00. The van der Waals surface area contributed by atoms with Crippen LogP contribution in [0.3, 0.4) is 0 Å². The molecule has 1 aliphatic heterocycles. The maximum atomic E-state index is 14.0. The summed E-state index contributed by atoms with van der Waals surface area (Å²) in [7, 11) is 0. The van der Waals surface area contributed by atoms with Gasteiger partial charge in [-0.25, -0.2) is 19.3 Å². The molecule has 19 heavy (non-hydrogen) atoms. The standard InChI is InChI=1S/C10H12FN5O3/c11-5-7(18)4(1-17)19-10(5)16-3-15-6-8(12)13-2-14-9(6)16/h2-5,7,10,17-18H,1H2,(H2,12,13,14)/t4-,5?,7-,10-/m1/s1. The van der Waals surface area contributed by atoms with Gasteiger partial charge in [0.1, 0.15) is 24.1 Å². The van der Waals surface area contributed by atoms with Crippen LogP contribution in [-0.2, 0) is 4.74 Å². The van der Waals surface area contributed by atoms with Gasteiger partial charge < -0.3 is 20.7 Å². The summed E-state index contributed by atoms with van der Waals surface area (Å²) in [6, 6.07) is 0. The lowest BCUT2D eigenvalue weighted by Gasteiger charge is -2.14. The van der Waals surface area contributed by atoms with Crippen LogP contribution < -0.4 is 5.73 Å². The number of halogens is 1. The van der Waals surface area contributed by atoms with E-state index in [4.69, 9.17) is 15.6 Å². The van der Waals surface area contributed by atoms with Gasteiger partial charge in [-0.3, -0.25) is 4.57 Å². The van der Waals surface area contributed by atoms with Gasteiger partial charge in [-0.2, -0.15) is 0 Å². The van der Waals surface area contributed by atoms with Crippen molar-refractivity contribution in [2.75, 3.05) is 12.3 Å². The lowest BCUT2D eigenvalue weighted by molar-refractivity contribution is -0.0459. The molecule has 1 unspecified atom stereocenters. The minimum atomic E-state index is -1.69. The molecule has 8 nitrogen and oxygen atoms in total. The molecular formula is C10H12FN5O3. The summed E-state index contributed by atoms with van der Waals surface area (Å²) < 4.78 is 20.6. The molecule has 0 aromatic carbocycles. The number of nitrogens with two attached hydrogens (primary N) is 1. The molecule has 0 aliphatic carbocycles. The van der Waals surface area contributed by atoms with E-state index in [0.29, 0.717) is 11.2 Å². The third-order valence-corrected chi connectivity index (χ3v) is 3.13. The van der Waals surface area contributed by atoms with Crippen LogP contribution in [0, 0.1) is 0 Å². The Balaban J connectivity index is 2.04. The van der Waals surface area contributed by atoms with Crippen molar-refractivity contribution < 1.29 is 19.3 Å². The zero-order valence-corrected chi connectivity index (χ0v) is 9.72. The van der Waals surface area contributed by atoms with Crippen LogP contribution in [0.1, 0.15) is 6.23 Å². The van der Waals surface area contributed by atoms with Crippen molar-refractivity contribution in [1.29, 1.82) is 0 Å². The summed E-state index contributed by atoms with van der Waals surface area (Å²) >= 11 is 0. The molecule has 1 fully saturated rings. The van der Waals surface area contributed by atoms with Crippen LogP contribution in [0.5, 0.6) is 0 Å². The van der Waals surface area contributed by atoms with E-state index in [0.717, 1.165) is 0 Å². The first-order valence-electron chi connectivity index (χ1n) is 5.65. The smallest absolute Gasteiger partial charge is 0.173 e. The van der Waals surface area contributed by atoms with Gasteiger partial charge in [-0.15, -0.1) is 0 Å². The largest absolute Gasteiger partial charge is 0.394 e. The Morgan fingerprint density at radius 1 is 1.42 bits per heavy atom. The molecule has 3 rings (SSSR count). The van der Waals surface area contributed by atoms with Crippen LogP contribution in [0.4, 0.5) is 10.2 Å². The van der Waals surface area contributed by atoms with Gasteiger partial charge in [0.05, 0.1) is 12.9 Å². The SMILES string of the molecule is Nc1ncnc2c1ncn2[C@@H]1O[C@H](CO)[C@@H](O)C1F. The van der Waals surface area contributed by atoms with E-state index in [-0.39, 0.29) is 5.82 Å². The summed E-state index contributed by atoms with van der Waals surface area (Å²) in [6.45, 7) is -0.470. The van der Waals surface area contributed by atoms with Crippen LogP contribution in [0.25, 0.3) is 11.2 Å². The van der Waals surface area contributed by atoms with Gasteiger partial charge in [-0.1, -0.05) is 0 Å². The number of hydrogen-bond acceptors (Lipinski definition) is 7. The van der Waals surface area contributed by atoms with E-state index in [1.165, 1.54) is 17.2 Å². The summed E-state index contributed by atoms with van der Waals surface area (Å²) in [5, 5.41) is 18.6. The highest BCUT2D eigenvalue weighted by Gasteiger charge is 2.45. The Hall–Kier alpha value is -1.84. The highest BCUT2D eigenvalue weighted by Crippen LogP contribution is 2.33. The van der Waals surface area contributed by atoms with Crippen LogP contribution in [-0.4, -0.2) is 54.7 Å². The van der Waals surface area contributed by atoms with Crippen molar-refractivity contribution in [3.63, 3.8) is 0 Å². The first kappa shape index (κ1) is 12.2. The fourth-order valence-electron chi connectivity index (χ4n) is 2.13. The number of aromatic nitrogens is 4. The fraction of sp³-hybridized carbons (Fsp3) is 0.500. The number of anilines is 1. The number of alkyl halides is 1. The van der Waals surface area contributed by atoms with E-state index in [9.17, 15) is 9.50 Å². The molecule has 0 bridgehead atoms. The van der Waals surface area contributed by atoms with Crippen molar-refractivity contribution >= 4 is 17.0 Å². The third kappa shape index (κ3) is 1.74. The molecule has 0 radical (unpaired) electrons. The second-order valence-electron chi connectivity index (χ2n) is 4.27. The molecule has 9 heteroatoms. The van der Waals surface area contributed by atoms with Crippen LogP contribution in [0.15, 0.2) is 12.7 Å². The van der Waals surface area contributed by atoms with Crippen molar-refractivity contribution in [1.82, 2.24) is 19.5 Å². The third-order valence-electron chi connectivity index (χ3n) is 3.13. The highest BCUT2D eigenvalue weighted by atomic mass is 19.1. The first-order chi connectivity index (χ1) is 9.13. The van der Waals surface area contributed by atoms with E-state index >= 15 is 0 Å². The summed E-state index contributed by atoms with van der Waals surface area (Å²) in [4.78, 5) is 11.8. The zero-order valence-electron chi connectivity index (χ0n) is 9.72. The number of fused-ring (bicyclic) bond motifs is 1. The number of ether oxygens (including phenoxy) is 1. The van der Waals surface area contributed by atoms with Crippen LogP contribution in [0.2, 0.25) is 0 Å². The minimum Gasteiger partial charge on any atom is -0.394 e. The number of nitrogen functional groups attached to an aromatic ring is 1. The molecule has 0 amide bonds. The Morgan fingerprint density at radius 2 is 2.21 bits per heavy atom. The lowest BCUT2D eigenvalue weighted by Crippen LogP contribution is -2.30. The highest BCUT2D eigenvalue weighted by molar-refractivity contribution is 5.81. The molecule has 0 spiro atoms. The number of aliphatic hydroxyl groups is 2. The van der Waals surface area contributed by atoms with Gasteiger partial charge in [0.2, 0.25) is 0 Å². The normalized spacial score (nSPS) is 31.1. The molecule has 1 saturated heterocycles. The van der Waals surface area contributed by atoms with Crippen molar-refractivity contribution in [3.8, 4) is 0 Å². The number of aliphatic hydroxyl groups excluding tert-OH is 2. The zero-order chi connectivity index (χ0) is 13.6. The van der Waals surface area contributed by atoms with Gasteiger partial charge in [-0.05, 0) is 0 Å². The summed E-state index contributed by atoms with van der Waals surface area (Å²) in [5.74, 6) is 0.177. The number of rotatable bonds is 2. The Morgan fingerprint density at radius 3 is 2.89 bits per heavy atom. The average molecular weight is 269 g/mol. The maximum absolute atomic E-state index is 14.0. The van der Waals surface area contributed by atoms with Crippen molar-refractivity contribution in [3.05, 3.63) is 12.7 Å². The van der Waals surface area contributed by atoms with Crippen LogP contribution >= 0.6 is 0 Å². The van der Waals surface area contributed by atoms with E-state index < -0.39 is 31.2 Å². The van der Waals surface area contributed by atoms with E-state index in [1.54, 1.807) is 0 Å². The predicted molar refractivity (Wildman–Crippen MR) is 61.6 cm³/mol. The molecule has 102 valence electrons. The number of nitrogens with zero attached hydrogens (tertiary/aromatic N) is 4. The lowest BCUT2D eigenvalue weighted by atomic mass is 10.1. The molecule has 2 aromatic rings.